The lowest BCUT2D eigenvalue weighted by Crippen LogP contribution is -2.41. The second-order valence-corrected chi connectivity index (χ2v) is 3.63. The van der Waals surface area contributed by atoms with Gasteiger partial charge in [-0.05, 0) is 28.1 Å². The lowest BCUT2D eigenvalue weighted by atomic mass is 10.3. The first-order valence-electron chi connectivity index (χ1n) is 4.06. The summed E-state index contributed by atoms with van der Waals surface area (Å²) in [5.74, 6) is -3.83. The van der Waals surface area contributed by atoms with Gasteiger partial charge in [-0.2, -0.15) is 0 Å². The summed E-state index contributed by atoms with van der Waals surface area (Å²) in [6.07, 6.45) is 0. The van der Waals surface area contributed by atoms with Crippen LogP contribution in [0.5, 0.6) is 0 Å². The number of hydrogen-bond acceptors (Lipinski definition) is 3. The van der Waals surface area contributed by atoms with Crippen LogP contribution in [0.3, 0.4) is 0 Å². The van der Waals surface area contributed by atoms with E-state index >= 15 is 0 Å². The molecule has 3 N–H and O–H groups in total. The molecule has 4 nitrogen and oxygen atoms in total. The lowest BCUT2D eigenvalue weighted by Gasteiger charge is -2.13. The van der Waals surface area contributed by atoms with Crippen molar-refractivity contribution in [1.29, 1.82) is 0 Å². The van der Waals surface area contributed by atoms with Crippen LogP contribution in [0.2, 0.25) is 0 Å². The monoisotopic (exact) mass is 318 g/mol. The van der Waals surface area contributed by atoms with E-state index in [4.69, 9.17) is 10.2 Å². The Balaban J connectivity index is 0.00000225. The molecule has 0 unspecified atom stereocenters. The molecule has 0 radical (unpaired) electrons. The van der Waals surface area contributed by atoms with E-state index in [9.17, 15) is 13.6 Å². The number of nitrogens with one attached hydrogen (secondary N) is 1. The summed E-state index contributed by atoms with van der Waals surface area (Å²) < 4.78 is 30.5. The van der Waals surface area contributed by atoms with Crippen LogP contribution < -0.4 is 11.1 Å². The average Bonchev–Trinajstić information content (AvgIpc) is 2.61. The van der Waals surface area contributed by atoms with Gasteiger partial charge in [-0.3, -0.25) is 4.79 Å². The molecule has 0 saturated heterocycles. The smallest absolute Gasteiger partial charge is 0.287 e. The number of carbonyl (C=O) groups is 1. The summed E-state index contributed by atoms with van der Waals surface area (Å²) in [7, 11) is 0. The fourth-order valence-corrected chi connectivity index (χ4v) is 1.11. The van der Waals surface area contributed by atoms with Gasteiger partial charge in [0.15, 0.2) is 10.4 Å². The Bertz CT molecular complexity index is 360. The Hall–Kier alpha value is -0.660. The molecule has 0 bridgehead atoms. The number of amides is 1. The van der Waals surface area contributed by atoms with E-state index in [0.29, 0.717) is 4.67 Å². The van der Waals surface area contributed by atoms with Gasteiger partial charge >= 0.3 is 0 Å². The molecular formula is C8H10BrClF2N2O2. The minimum Gasteiger partial charge on any atom is -0.444 e. The summed E-state index contributed by atoms with van der Waals surface area (Å²) in [5.41, 5.74) is 4.80. The molecule has 92 valence electrons. The normalized spacial score (nSPS) is 10.8. The fraction of sp³-hybridized carbons (Fsp3) is 0.375. The topological polar surface area (TPSA) is 68.3 Å². The number of nitrogens with two attached hydrogens (primary N) is 1. The predicted octanol–water partition coefficient (Wildman–Crippen LogP) is 1.79. The maximum Gasteiger partial charge on any atom is 0.287 e. The average molecular weight is 320 g/mol. The van der Waals surface area contributed by atoms with Crippen LogP contribution in [0.15, 0.2) is 21.2 Å². The number of rotatable bonds is 4. The molecule has 0 saturated carbocycles. The first-order valence-corrected chi connectivity index (χ1v) is 4.85. The number of furan rings is 1. The van der Waals surface area contributed by atoms with E-state index in [-0.39, 0.29) is 18.2 Å². The van der Waals surface area contributed by atoms with Crippen molar-refractivity contribution in [1.82, 2.24) is 5.32 Å². The van der Waals surface area contributed by atoms with Crippen molar-refractivity contribution in [2.24, 2.45) is 5.73 Å². The Morgan fingerprint density at radius 1 is 1.56 bits per heavy atom. The van der Waals surface area contributed by atoms with Gasteiger partial charge in [0.25, 0.3) is 11.8 Å². The van der Waals surface area contributed by atoms with E-state index in [1.807, 2.05) is 5.32 Å². The number of carbonyl (C=O) groups excluding carboxylic acids is 1. The van der Waals surface area contributed by atoms with Crippen molar-refractivity contribution in [3.63, 3.8) is 0 Å². The van der Waals surface area contributed by atoms with Crippen molar-refractivity contribution < 1.29 is 18.0 Å². The van der Waals surface area contributed by atoms with Gasteiger partial charge < -0.3 is 15.5 Å². The van der Waals surface area contributed by atoms with Crippen LogP contribution in [-0.2, 0) is 0 Å². The first kappa shape index (κ1) is 15.3. The molecule has 0 fully saturated rings. The van der Waals surface area contributed by atoms with Crippen molar-refractivity contribution in [2.45, 2.75) is 5.92 Å². The quantitative estimate of drug-likeness (QED) is 0.889. The highest BCUT2D eigenvalue weighted by molar-refractivity contribution is 9.10. The Labute approximate surface area is 105 Å². The third-order valence-electron chi connectivity index (χ3n) is 1.60. The maximum atomic E-state index is 12.7. The molecular weight excluding hydrogens is 309 g/mol. The maximum absolute atomic E-state index is 12.7. The molecule has 1 amide bonds. The highest BCUT2D eigenvalue weighted by Crippen LogP contribution is 2.14. The Morgan fingerprint density at radius 2 is 2.19 bits per heavy atom. The highest BCUT2D eigenvalue weighted by atomic mass is 79.9. The van der Waals surface area contributed by atoms with E-state index in [2.05, 4.69) is 15.9 Å². The molecule has 8 heteroatoms. The predicted molar refractivity (Wildman–Crippen MR) is 60.0 cm³/mol. The zero-order valence-corrected chi connectivity index (χ0v) is 10.4. The molecule has 0 aliphatic carbocycles. The SMILES string of the molecule is Cl.NCC(F)(F)CNC(=O)c1ccc(Br)o1. The van der Waals surface area contributed by atoms with Gasteiger partial charge in [-0.25, -0.2) is 8.78 Å². The van der Waals surface area contributed by atoms with E-state index in [0.717, 1.165) is 0 Å². The van der Waals surface area contributed by atoms with Gasteiger partial charge in [0.1, 0.15) is 0 Å². The molecule has 0 atom stereocenters. The van der Waals surface area contributed by atoms with Gasteiger partial charge in [-0.15, -0.1) is 12.4 Å². The molecule has 16 heavy (non-hydrogen) atoms. The van der Waals surface area contributed by atoms with E-state index in [1.54, 1.807) is 0 Å². The van der Waals surface area contributed by atoms with Crippen molar-refractivity contribution in [3.8, 4) is 0 Å². The molecule has 0 spiro atoms. The van der Waals surface area contributed by atoms with Crippen molar-refractivity contribution >= 4 is 34.2 Å². The number of halogens is 4. The molecule has 0 aliphatic rings. The van der Waals surface area contributed by atoms with Gasteiger partial charge in [0, 0.05) is 0 Å². The lowest BCUT2D eigenvalue weighted by molar-refractivity contribution is 0.0115. The summed E-state index contributed by atoms with van der Waals surface area (Å²) >= 11 is 2.99. The van der Waals surface area contributed by atoms with Crippen LogP contribution in [0.25, 0.3) is 0 Å². The third-order valence-corrected chi connectivity index (χ3v) is 2.03. The minimum atomic E-state index is -3.10. The molecule has 0 aliphatic heterocycles. The largest absolute Gasteiger partial charge is 0.444 e. The molecule has 1 heterocycles. The summed E-state index contributed by atoms with van der Waals surface area (Å²) in [6, 6.07) is 2.87. The Morgan fingerprint density at radius 3 is 2.62 bits per heavy atom. The molecule has 0 aromatic carbocycles. The number of alkyl halides is 2. The second kappa shape index (κ2) is 6.17. The second-order valence-electron chi connectivity index (χ2n) is 2.85. The van der Waals surface area contributed by atoms with Gasteiger partial charge in [0.05, 0.1) is 13.1 Å². The van der Waals surface area contributed by atoms with Crippen LogP contribution in [-0.4, -0.2) is 24.9 Å². The third kappa shape index (κ3) is 4.46. The fourth-order valence-electron chi connectivity index (χ4n) is 0.805. The number of hydrogen-bond donors (Lipinski definition) is 2. The zero-order chi connectivity index (χ0) is 11.5. The summed E-state index contributed by atoms with van der Waals surface area (Å²) in [4.78, 5) is 11.2. The minimum absolute atomic E-state index is 0. The van der Waals surface area contributed by atoms with Crippen LogP contribution in [0, 0.1) is 0 Å². The van der Waals surface area contributed by atoms with Gasteiger partial charge in [-0.1, -0.05) is 0 Å². The van der Waals surface area contributed by atoms with Crippen molar-refractivity contribution in [2.75, 3.05) is 13.1 Å². The van der Waals surface area contributed by atoms with Crippen LogP contribution in [0.1, 0.15) is 10.6 Å². The van der Waals surface area contributed by atoms with Gasteiger partial charge in [0.2, 0.25) is 0 Å². The summed E-state index contributed by atoms with van der Waals surface area (Å²) in [6.45, 7) is -1.62. The zero-order valence-electron chi connectivity index (χ0n) is 8.00. The molecule has 1 aromatic heterocycles. The van der Waals surface area contributed by atoms with Crippen LogP contribution in [0.4, 0.5) is 8.78 Å². The standard InChI is InChI=1S/C8H9BrF2N2O2.ClH/c9-6-2-1-5(15-6)7(14)13-4-8(10,11)3-12;/h1-2H,3-4,12H2,(H,13,14);1H. The van der Waals surface area contributed by atoms with E-state index in [1.165, 1.54) is 12.1 Å². The Kier molecular flexibility index (Phi) is 5.91. The van der Waals surface area contributed by atoms with Crippen LogP contribution >= 0.6 is 28.3 Å². The summed E-state index contributed by atoms with van der Waals surface area (Å²) in [5, 5.41) is 2.02. The molecule has 1 rings (SSSR count). The first-order chi connectivity index (χ1) is 6.94. The van der Waals surface area contributed by atoms with E-state index < -0.39 is 24.9 Å². The molecule has 1 aromatic rings. The highest BCUT2D eigenvalue weighted by Gasteiger charge is 2.27. The van der Waals surface area contributed by atoms with Crippen molar-refractivity contribution in [3.05, 3.63) is 22.6 Å².